The Labute approximate surface area is 314 Å². The second kappa shape index (κ2) is 12.1. The van der Waals surface area contributed by atoms with Gasteiger partial charge in [0.15, 0.2) is 0 Å². The van der Waals surface area contributed by atoms with Gasteiger partial charge in [0.2, 0.25) is 0 Å². The van der Waals surface area contributed by atoms with E-state index in [2.05, 4.69) is 187 Å². The van der Waals surface area contributed by atoms with E-state index in [1.165, 1.54) is 68.2 Å². The topological polar surface area (TPSA) is 17.8 Å². The van der Waals surface area contributed by atoms with Crippen LogP contribution in [-0.4, -0.2) is 9.55 Å². The van der Waals surface area contributed by atoms with Gasteiger partial charge in [-0.1, -0.05) is 121 Å². The van der Waals surface area contributed by atoms with Gasteiger partial charge in [0.25, 0.3) is 0 Å². The lowest BCUT2D eigenvalue weighted by atomic mass is 9.92. The number of para-hydroxylation sites is 3. The Morgan fingerprint density at radius 2 is 0.887 bits per heavy atom. The number of fused-ring (bicyclic) bond motifs is 7. The molecule has 0 spiro atoms. The smallest absolute Gasteiger partial charge is 0.145 e. The highest BCUT2D eigenvalue weighted by molar-refractivity contribution is 7.26. The fraction of sp³-hybridized carbons (Fsp3) is 0. The van der Waals surface area contributed by atoms with Crippen molar-refractivity contribution in [2.24, 2.45) is 0 Å². The number of benzene rings is 8. The molecule has 53 heavy (non-hydrogen) atoms. The molecule has 0 aliphatic carbocycles. The van der Waals surface area contributed by atoms with Crippen LogP contribution in [0.5, 0.6) is 0 Å². The number of aromatic nitrogens is 2. The van der Waals surface area contributed by atoms with Gasteiger partial charge in [-0.2, -0.15) is 0 Å². The maximum Gasteiger partial charge on any atom is 0.145 e. The van der Waals surface area contributed by atoms with Crippen LogP contribution >= 0.6 is 22.7 Å². The molecule has 4 heteroatoms. The molecule has 0 fully saturated rings. The van der Waals surface area contributed by atoms with Gasteiger partial charge in [-0.25, -0.2) is 4.98 Å². The van der Waals surface area contributed by atoms with E-state index < -0.39 is 0 Å². The van der Waals surface area contributed by atoms with Crippen LogP contribution in [0, 0.1) is 0 Å². The Hall–Kier alpha value is -6.33. The van der Waals surface area contributed by atoms with Crippen molar-refractivity contribution in [2.45, 2.75) is 0 Å². The molecule has 0 unspecified atom stereocenters. The first-order valence-electron chi connectivity index (χ1n) is 17.9. The van der Waals surface area contributed by atoms with E-state index in [4.69, 9.17) is 4.98 Å². The zero-order chi connectivity index (χ0) is 34.9. The van der Waals surface area contributed by atoms with Crippen LogP contribution in [0.3, 0.4) is 0 Å². The fourth-order valence-electron chi connectivity index (χ4n) is 7.95. The summed E-state index contributed by atoms with van der Waals surface area (Å²) in [6.07, 6.45) is 0. The zero-order valence-corrected chi connectivity index (χ0v) is 30.2. The summed E-state index contributed by atoms with van der Waals surface area (Å²) in [4.78, 5) is 5.20. The van der Waals surface area contributed by atoms with Crippen molar-refractivity contribution in [3.63, 3.8) is 0 Å². The number of imidazole rings is 1. The summed E-state index contributed by atoms with van der Waals surface area (Å²) >= 11 is 3.77. The predicted octanol–water partition coefficient (Wildman–Crippen LogP) is 14.4. The number of thiophene rings is 2. The first-order chi connectivity index (χ1) is 26.3. The number of rotatable bonds is 5. The van der Waals surface area contributed by atoms with Crippen LogP contribution in [0.15, 0.2) is 182 Å². The van der Waals surface area contributed by atoms with E-state index in [1.807, 2.05) is 22.7 Å². The maximum atomic E-state index is 5.20. The maximum absolute atomic E-state index is 5.20. The van der Waals surface area contributed by atoms with Gasteiger partial charge in [0, 0.05) is 51.6 Å². The molecule has 11 rings (SSSR count). The summed E-state index contributed by atoms with van der Waals surface area (Å²) < 4.78 is 7.55. The van der Waals surface area contributed by atoms with Crippen LogP contribution in [0.2, 0.25) is 0 Å². The van der Waals surface area contributed by atoms with E-state index in [0.29, 0.717) is 0 Å². The molecular weight excluding hydrogens is 681 g/mol. The molecule has 0 saturated carbocycles. The van der Waals surface area contributed by atoms with E-state index in [-0.39, 0.29) is 0 Å². The number of hydrogen-bond donors (Lipinski definition) is 0. The molecule has 0 bridgehead atoms. The van der Waals surface area contributed by atoms with E-state index in [9.17, 15) is 0 Å². The summed E-state index contributed by atoms with van der Waals surface area (Å²) in [5.41, 5.74) is 11.5. The summed E-state index contributed by atoms with van der Waals surface area (Å²) in [6.45, 7) is 0. The fourth-order valence-corrected chi connectivity index (χ4v) is 10.4. The van der Waals surface area contributed by atoms with Gasteiger partial charge < -0.3 is 0 Å². The molecule has 0 radical (unpaired) electrons. The van der Waals surface area contributed by atoms with Crippen LogP contribution in [0.4, 0.5) is 0 Å². The lowest BCUT2D eigenvalue weighted by molar-refractivity contribution is 1.10. The van der Waals surface area contributed by atoms with Crippen molar-refractivity contribution in [3.8, 4) is 50.5 Å². The standard InChI is InChI=1S/C49H30N2S2/c1-2-15-36(16-3-1)51-44-24-7-6-23-43(44)50-49(51)32-14-10-13-31(27-32)33-28-34(37-19-11-21-41-39-17-4-8-25-45(39)52-47(37)41)30-35(29-33)38-20-12-22-42-40-18-5-9-26-46(40)53-48(38)42/h1-30H. The molecule has 0 aliphatic heterocycles. The van der Waals surface area contributed by atoms with Gasteiger partial charge in [-0.15, -0.1) is 22.7 Å². The average Bonchev–Trinajstić information content (AvgIpc) is 3.93. The average molecular weight is 711 g/mol. The SMILES string of the molecule is c1ccc(-n2c(-c3cccc(-c4cc(-c5cccc6c5sc5ccccc56)cc(-c5cccc6c5sc5ccccc56)c4)c3)nc3ccccc32)cc1. The third-order valence-electron chi connectivity index (χ3n) is 10.4. The first kappa shape index (κ1) is 30.3. The second-order valence-electron chi connectivity index (χ2n) is 13.5. The molecule has 3 heterocycles. The van der Waals surface area contributed by atoms with Gasteiger partial charge in [0.1, 0.15) is 5.82 Å². The highest BCUT2D eigenvalue weighted by atomic mass is 32.1. The largest absolute Gasteiger partial charge is 0.292 e. The van der Waals surface area contributed by atoms with Gasteiger partial charge in [0.05, 0.1) is 11.0 Å². The lowest BCUT2D eigenvalue weighted by Gasteiger charge is -2.14. The second-order valence-corrected chi connectivity index (χ2v) is 15.6. The molecule has 0 aliphatic rings. The van der Waals surface area contributed by atoms with Crippen molar-refractivity contribution >= 4 is 74.1 Å². The Bertz CT molecular complexity index is 3050. The van der Waals surface area contributed by atoms with Crippen molar-refractivity contribution < 1.29 is 0 Å². The third kappa shape index (κ3) is 4.95. The van der Waals surface area contributed by atoms with Crippen LogP contribution in [0.25, 0.3) is 102 Å². The van der Waals surface area contributed by atoms with Crippen LogP contribution in [-0.2, 0) is 0 Å². The molecule has 0 N–H and O–H groups in total. The van der Waals surface area contributed by atoms with Gasteiger partial charge in [-0.05, 0) is 94.0 Å². The molecule has 248 valence electrons. The van der Waals surface area contributed by atoms with Crippen molar-refractivity contribution in [2.75, 3.05) is 0 Å². The van der Waals surface area contributed by atoms with E-state index in [0.717, 1.165) is 33.7 Å². The summed E-state index contributed by atoms with van der Waals surface area (Å²) in [7, 11) is 0. The monoisotopic (exact) mass is 710 g/mol. The number of hydrogen-bond acceptors (Lipinski definition) is 3. The Kier molecular flexibility index (Phi) is 6.94. The van der Waals surface area contributed by atoms with Crippen molar-refractivity contribution in [3.05, 3.63) is 182 Å². The highest BCUT2D eigenvalue weighted by Crippen LogP contribution is 2.45. The normalized spacial score (nSPS) is 11.8. The summed E-state index contributed by atoms with van der Waals surface area (Å²) in [5, 5.41) is 5.25. The van der Waals surface area contributed by atoms with Crippen LogP contribution < -0.4 is 0 Å². The molecular formula is C49H30N2S2. The molecule has 3 aromatic heterocycles. The van der Waals surface area contributed by atoms with Gasteiger partial charge >= 0.3 is 0 Å². The first-order valence-corrected chi connectivity index (χ1v) is 19.5. The Balaban J connectivity index is 1.15. The summed E-state index contributed by atoms with van der Waals surface area (Å²) in [6, 6.07) is 66.1. The molecule has 0 saturated heterocycles. The highest BCUT2D eigenvalue weighted by Gasteiger charge is 2.18. The zero-order valence-electron chi connectivity index (χ0n) is 28.5. The Morgan fingerprint density at radius 3 is 1.57 bits per heavy atom. The molecule has 0 atom stereocenters. The van der Waals surface area contributed by atoms with E-state index in [1.54, 1.807) is 0 Å². The minimum atomic E-state index is 0.931. The minimum Gasteiger partial charge on any atom is -0.292 e. The molecule has 11 aromatic rings. The van der Waals surface area contributed by atoms with Gasteiger partial charge in [-0.3, -0.25) is 4.57 Å². The van der Waals surface area contributed by atoms with E-state index >= 15 is 0 Å². The molecule has 0 amide bonds. The minimum absolute atomic E-state index is 0.931. The quantitative estimate of drug-likeness (QED) is 0.174. The Morgan fingerprint density at radius 1 is 0.377 bits per heavy atom. The summed E-state index contributed by atoms with van der Waals surface area (Å²) in [5.74, 6) is 0.931. The van der Waals surface area contributed by atoms with Crippen molar-refractivity contribution in [1.29, 1.82) is 0 Å². The number of nitrogens with zero attached hydrogens (tertiary/aromatic N) is 2. The van der Waals surface area contributed by atoms with Crippen molar-refractivity contribution in [1.82, 2.24) is 9.55 Å². The third-order valence-corrected chi connectivity index (χ3v) is 12.8. The predicted molar refractivity (Wildman–Crippen MR) is 229 cm³/mol. The van der Waals surface area contributed by atoms with Crippen LogP contribution in [0.1, 0.15) is 0 Å². The lowest BCUT2D eigenvalue weighted by Crippen LogP contribution is -1.97. The molecule has 8 aromatic carbocycles. The molecule has 2 nitrogen and oxygen atoms in total.